The number of ether oxygens (including phenoxy) is 1. The fraction of sp³-hybridized carbons (Fsp3) is 0.375. The van der Waals surface area contributed by atoms with Crippen LogP contribution >= 0.6 is 11.6 Å². The molecule has 1 aliphatic heterocycles. The number of benzene rings is 1. The summed E-state index contributed by atoms with van der Waals surface area (Å²) < 4.78 is 36.0. The summed E-state index contributed by atoms with van der Waals surface area (Å²) in [5.74, 6) is -0.568. The number of anilines is 1. The van der Waals surface area contributed by atoms with Crippen LogP contribution in [0.15, 0.2) is 34.9 Å². The molecule has 0 bridgehead atoms. The van der Waals surface area contributed by atoms with Gasteiger partial charge >= 0.3 is 0 Å². The van der Waals surface area contributed by atoms with Crippen molar-refractivity contribution in [3.05, 3.63) is 35.4 Å². The summed E-state index contributed by atoms with van der Waals surface area (Å²) in [6.07, 6.45) is -0.170. The summed E-state index contributed by atoms with van der Waals surface area (Å²) in [4.78, 5) is 12.0. The first-order chi connectivity index (χ1) is 12.4. The molecule has 0 atom stereocenters. The molecule has 0 spiro atoms. The summed E-state index contributed by atoms with van der Waals surface area (Å²) in [5.41, 5.74) is 1.33. The predicted octanol–water partition coefficient (Wildman–Crippen LogP) is 1.99. The highest BCUT2D eigenvalue weighted by atomic mass is 35.5. The Balaban J connectivity index is 1.54. The van der Waals surface area contributed by atoms with E-state index in [0.29, 0.717) is 37.0 Å². The maximum Gasteiger partial charge on any atom is 0.231 e. The van der Waals surface area contributed by atoms with Gasteiger partial charge in [0.05, 0.1) is 19.0 Å². The molecule has 10 heteroatoms. The molecule has 1 aliphatic rings. The van der Waals surface area contributed by atoms with Crippen LogP contribution in [0.2, 0.25) is 5.02 Å². The summed E-state index contributed by atoms with van der Waals surface area (Å²) >= 11 is 5.84. The van der Waals surface area contributed by atoms with Crippen molar-refractivity contribution in [1.82, 2.24) is 9.46 Å². The maximum absolute atomic E-state index is 12.2. The number of aromatic nitrogens is 1. The van der Waals surface area contributed by atoms with Gasteiger partial charge in [-0.1, -0.05) is 28.9 Å². The summed E-state index contributed by atoms with van der Waals surface area (Å²) in [6, 6.07) is 8.57. The molecule has 0 radical (unpaired) electrons. The largest absolute Gasteiger partial charge is 0.379 e. The zero-order chi connectivity index (χ0) is 18.6. The molecular weight excluding hydrogens is 382 g/mol. The zero-order valence-corrected chi connectivity index (χ0v) is 15.4. The number of morpholine rings is 1. The minimum Gasteiger partial charge on any atom is -0.379 e. The lowest BCUT2D eigenvalue weighted by Crippen LogP contribution is -2.42. The second-order valence-corrected chi connectivity index (χ2v) is 8.23. The molecule has 1 aromatic heterocycles. The number of rotatable bonds is 6. The van der Waals surface area contributed by atoms with E-state index in [9.17, 15) is 13.2 Å². The smallest absolute Gasteiger partial charge is 0.231 e. The van der Waals surface area contributed by atoms with Crippen LogP contribution in [0.25, 0.3) is 11.3 Å². The van der Waals surface area contributed by atoms with Crippen LogP contribution in [-0.4, -0.2) is 55.8 Å². The molecule has 3 rings (SSSR count). The number of amides is 1. The number of carbonyl (C=O) groups excluding carboxylic acids is 1. The van der Waals surface area contributed by atoms with Gasteiger partial charge in [-0.3, -0.25) is 10.1 Å². The predicted molar refractivity (Wildman–Crippen MR) is 96.4 cm³/mol. The molecule has 26 heavy (non-hydrogen) atoms. The Hall–Kier alpha value is -1.94. The van der Waals surface area contributed by atoms with Crippen molar-refractivity contribution >= 4 is 33.4 Å². The van der Waals surface area contributed by atoms with E-state index in [4.69, 9.17) is 20.9 Å². The van der Waals surface area contributed by atoms with E-state index in [0.717, 1.165) is 5.56 Å². The van der Waals surface area contributed by atoms with Crippen LogP contribution in [0.4, 0.5) is 5.88 Å². The molecule has 1 N–H and O–H groups in total. The third-order valence-corrected chi connectivity index (χ3v) is 5.99. The highest BCUT2D eigenvalue weighted by Crippen LogP contribution is 2.23. The van der Waals surface area contributed by atoms with Crippen LogP contribution in [0.5, 0.6) is 0 Å². The Morgan fingerprint density at radius 1 is 1.23 bits per heavy atom. The Morgan fingerprint density at radius 3 is 2.62 bits per heavy atom. The Labute approximate surface area is 156 Å². The SMILES string of the molecule is O=C(CCS(=O)(=O)N1CCOCC1)Nc1cc(-c2ccc(Cl)cc2)no1. The van der Waals surface area contributed by atoms with Gasteiger partial charge in [0.25, 0.3) is 0 Å². The van der Waals surface area contributed by atoms with Gasteiger partial charge in [0.1, 0.15) is 5.69 Å². The molecule has 1 amide bonds. The monoisotopic (exact) mass is 399 g/mol. The Morgan fingerprint density at radius 2 is 1.92 bits per heavy atom. The van der Waals surface area contributed by atoms with E-state index in [-0.39, 0.29) is 18.1 Å². The molecule has 1 saturated heterocycles. The molecule has 0 saturated carbocycles. The Bertz CT molecular complexity index is 860. The van der Waals surface area contributed by atoms with Gasteiger partial charge in [-0.15, -0.1) is 0 Å². The topological polar surface area (TPSA) is 102 Å². The number of hydrogen-bond acceptors (Lipinski definition) is 6. The molecule has 1 fully saturated rings. The second-order valence-electron chi connectivity index (χ2n) is 5.71. The summed E-state index contributed by atoms with van der Waals surface area (Å²) in [7, 11) is -3.48. The standard InChI is InChI=1S/C16H18ClN3O5S/c17-13-3-1-12(2-4-13)14-11-16(25-19-14)18-15(21)5-10-26(22,23)20-6-8-24-9-7-20/h1-4,11H,5-10H2,(H,18,21). The van der Waals surface area contributed by atoms with Gasteiger partial charge in [0.15, 0.2) is 0 Å². The quantitative estimate of drug-likeness (QED) is 0.796. The number of hydrogen-bond donors (Lipinski definition) is 1. The van der Waals surface area contributed by atoms with Crippen molar-refractivity contribution in [3.8, 4) is 11.3 Å². The van der Waals surface area contributed by atoms with Crippen LogP contribution in [0.1, 0.15) is 6.42 Å². The number of sulfonamides is 1. The summed E-state index contributed by atoms with van der Waals surface area (Å²) in [6.45, 7) is 1.38. The van der Waals surface area contributed by atoms with E-state index in [1.807, 2.05) is 0 Å². The van der Waals surface area contributed by atoms with E-state index in [1.165, 1.54) is 4.31 Å². The van der Waals surface area contributed by atoms with Crippen LogP contribution in [0.3, 0.4) is 0 Å². The van der Waals surface area contributed by atoms with Crippen LogP contribution in [-0.2, 0) is 19.6 Å². The molecule has 1 aromatic carbocycles. The van der Waals surface area contributed by atoms with Crippen molar-refractivity contribution in [1.29, 1.82) is 0 Å². The first kappa shape index (κ1) is 18.8. The molecular formula is C16H18ClN3O5S. The first-order valence-corrected chi connectivity index (χ1v) is 10.0. The molecule has 2 heterocycles. The van der Waals surface area contributed by atoms with Crippen LogP contribution < -0.4 is 5.32 Å². The third kappa shape index (κ3) is 4.82. The van der Waals surface area contributed by atoms with Gasteiger partial charge in [-0.25, -0.2) is 8.42 Å². The van der Waals surface area contributed by atoms with Gasteiger partial charge in [0.2, 0.25) is 21.8 Å². The van der Waals surface area contributed by atoms with Crippen molar-refractivity contribution in [3.63, 3.8) is 0 Å². The fourth-order valence-electron chi connectivity index (χ4n) is 2.47. The van der Waals surface area contributed by atoms with Crippen molar-refractivity contribution in [2.75, 3.05) is 37.4 Å². The van der Waals surface area contributed by atoms with Crippen molar-refractivity contribution in [2.24, 2.45) is 0 Å². The van der Waals surface area contributed by atoms with Crippen molar-refractivity contribution < 1.29 is 22.5 Å². The second kappa shape index (κ2) is 8.17. The van der Waals surface area contributed by atoms with Crippen LogP contribution in [0, 0.1) is 0 Å². The fourth-order valence-corrected chi connectivity index (χ4v) is 4.00. The molecule has 140 valence electrons. The normalized spacial score (nSPS) is 15.7. The van der Waals surface area contributed by atoms with E-state index < -0.39 is 15.9 Å². The lowest BCUT2D eigenvalue weighted by molar-refractivity contribution is -0.116. The third-order valence-electron chi connectivity index (χ3n) is 3.86. The summed E-state index contributed by atoms with van der Waals surface area (Å²) in [5, 5.41) is 7.00. The number of carbonyl (C=O) groups is 1. The minimum absolute atomic E-state index is 0.156. The molecule has 2 aromatic rings. The zero-order valence-electron chi connectivity index (χ0n) is 13.9. The molecule has 8 nitrogen and oxygen atoms in total. The van der Waals surface area contributed by atoms with Gasteiger partial charge in [-0.2, -0.15) is 4.31 Å². The molecule has 0 unspecified atom stereocenters. The molecule has 0 aliphatic carbocycles. The highest BCUT2D eigenvalue weighted by Gasteiger charge is 2.25. The number of nitrogens with zero attached hydrogens (tertiary/aromatic N) is 2. The van der Waals surface area contributed by atoms with Crippen molar-refractivity contribution in [2.45, 2.75) is 6.42 Å². The van der Waals surface area contributed by atoms with Gasteiger partial charge in [-0.05, 0) is 12.1 Å². The lowest BCUT2D eigenvalue weighted by atomic mass is 10.1. The van der Waals surface area contributed by atoms with Gasteiger partial charge < -0.3 is 9.26 Å². The maximum atomic E-state index is 12.2. The van der Waals surface area contributed by atoms with E-state index in [1.54, 1.807) is 30.3 Å². The average molecular weight is 400 g/mol. The number of halogens is 1. The lowest BCUT2D eigenvalue weighted by Gasteiger charge is -2.25. The first-order valence-electron chi connectivity index (χ1n) is 8.02. The highest BCUT2D eigenvalue weighted by molar-refractivity contribution is 7.89. The minimum atomic E-state index is -3.48. The van der Waals surface area contributed by atoms with E-state index >= 15 is 0 Å². The van der Waals surface area contributed by atoms with Gasteiger partial charge in [0, 0.05) is 36.2 Å². The number of nitrogens with one attached hydrogen (secondary N) is 1. The van der Waals surface area contributed by atoms with E-state index in [2.05, 4.69) is 10.5 Å². The Kier molecular flexibility index (Phi) is 5.92. The average Bonchev–Trinajstić information content (AvgIpc) is 3.10.